The zero-order valence-corrected chi connectivity index (χ0v) is 16.4. The van der Waals surface area contributed by atoms with Crippen molar-refractivity contribution in [3.63, 3.8) is 0 Å². The number of aliphatic hydroxyl groups excluding tert-OH is 3. The van der Waals surface area contributed by atoms with Gasteiger partial charge in [-0.1, -0.05) is 11.6 Å². The number of benzene rings is 1. The van der Waals surface area contributed by atoms with Crippen LogP contribution in [0, 0.1) is 0 Å². The molecule has 1 fully saturated rings. The molecule has 0 bridgehead atoms. The van der Waals surface area contributed by atoms with E-state index in [9.17, 15) is 28.5 Å². The zero-order chi connectivity index (χ0) is 22.3. The van der Waals surface area contributed by atoms with Crippen molar-refractivity contribution >= 4 is 28.6 Å². The lowest BCUT2D eigenvalue weighted by Crippen LogP contribution is -2.33. The Hall–Kier alpha value is -2.51. The minimum Gasteiger partial charge on any atom is -0.394 e. The largest absolute Gasteiger partial charge is 0.416 e. The van der Waals surface area contributed by atoms with E-state index in [1.807, 2.05) is 0 Å². The van der Waals surface area contributed by atoms with Gasteiger partial charge in [0.15, 0.2) is 23.2 Å². The number of rotatable bonds is 5. The molecule has 1 aliphatic rings. The number of halogens is 4. The van der Waals surface area contributed by atoms with Gasteiger partial charge in [-0.2, -0.15) is 13.2 Å². The standard InChI is InChI=1S/C18H17ClF3N5O4/c19-10-2-1-9(18(20,21)22)3-8(10)4-23-15-12-16(25-6-24-15)27(7-26-12)17-14(30)13(29)11(5-28)31-17/h1-3,6-7,11,13-14,17,28-30H,4-5H2,(H,23,24,25)/t11-,13-,14-,17?/m1/s1. The van der Waals surface area contributed by atoms with Crippen molar-refractivity contribution in [3.05, 3.63) is 47.0 Å². The molecule has 1 unspecified atom stereocenters. The SMILES string of the molecule is OC[C@H]1OC(n2cnc3c(NCc4cc(C(F)(F)F)ccc4Cl)ncnc32)[C@H](O)[C@@H]1O. The lowest BCUT2D eigenvalue weighted by Gasteiger charge is -2.16. The van der Waals surface area contributed by atoms with E-state index in [0.29, 0.717) is 0 Å². The summed E-state index contributed by atoms with van der Waals surface area (Å²) < 4.78 is 45.8. The number of anilines is 1. The van der Waals surface area contributed by atoms with Gasteiger partial charge in [0.25, 0.3) is 0 Å². The van der Waals surface area contributed by atoms with Crippen LogP contribution in [-0.2, 0) is 17.5 Å². The molecule has 3 heterocycles. The van der Waals surface area contributed by atoms with E-state index >= 15 is 0 Å². The van der Waals surface area contributed by atoms with Gasteiger partial charge >= 0.3 is 6.18 Å². The van der Waals surface area contributed by atoms with E-state index in [2.05, 4.69) is 20.3 Å². The first-order valence-electron chi connectivity index (χ1n) is 9.10. The van der Waals surface area contributed by atoms with E-state index in [0.717, 1.165) is 12.1 Å². The van der Waals surface area contributed by atoms with E-state index in [4.69, 9.17) is 16.3 Å². The number of imidazole rings is 1. The summed E-state index contributed by atoms with van der Waals surface area (Å²) in [6.07, 6.45) is -6.61. The van der Waals surface area contributed by atoms with Gasteiger partial charge < -0.3 is 25.4 Å². The van der Waals surface area contributed by atoms with Crippen molar-refractivity contribution in [1.82, 2.24) is 19.5 Å². The molecule has 0 amide bonds. The Balaban J connectivity index is 1.60. The van der Waals surface area contributed by atoms with Gasteiger partial charge in [-0.25, -0.2) is 15.0 Å². The molecular formula is C18H17ClF3N5O4. The fraction of sp³-hybridized carbons (Fsp3) is 0.389. The monoisotopic (exact) mass is 459 g/mol. The first-order chi connectivity index (χ1) is 14.7. The number of alkyl halides is 3. The van der Waals surface area contributed by atoms with Crippen LogP contribution in [-0.4, -0.2) is 59.8 Å². The number of ether oxygens (including phenoxy) is 1. The Kier molecular flexibility index (Phi) is 5.75. The first kappa shape index (κ1) is 21.7. The molecule has 31 heavy (non-hydrogen) atoms. The van der Waals surface area contributed by atoms with Crippen LogP contribution in [0.2, 0.25) is 5.02 Å². The Labute approximate surface area is 178 Å². The number of nitrogens with zero attached hydrogens (tertiary/aromatic N) is 4. The topological polar surface area (TPSA) is 126 Å². The van der Waals surface area contributed by atoms with E-state index in [1.54, 1.807) is 0 Å². The summed E-state index contributed by atoms with van der Waals surface area (Å²) in [5.74, 6) is 0.226. The number of fused-ring (bicyclic) bond motifs is 1. The van der Waals surface area contributed by atoms with Crippen molar-refractivity contribution in [1.29, 1.82) is 0 Å². The second-order valence-electron chi connectivity index (χ2n) is 6.93. The molecule has 9 nitrogen and oxygen atoms in total. The molecule has 4 rings (SSSR count). The predicted molar refractivity (Wildman–Crippen MR) is 102 cm³/mol. The summed E-state index contributed by atoms with van der Waals surface area (Å²) in [6.45, 7) is -0.545. The third-order valence-corrected chi connectivity index (χ3v) is 5.34. The molecular weight excluding hydrogens is 443 g/mol. The highest BCUT2D eigenvalue weighted by Crippen LogP contribution is 2.33. The number of nitrogens with one attached hydrogen (secondary N) is 1. The van der Waals surface area contributed by atoms with Crippen LogP contribution in [0.1, 0.15) is 17.4 Å². The molecule has 3 aromatic rings. The highest BCUT2D eigenvalue weighted by Gasteiger charge is 2.44. The summed E-state index contributed by atoms with van der Waals surface area (Å²) in [5.41, 5.74) is -0.0906. The van der Waals surface area contributed by atoms with E-state index in [1.165, 1.54) is 23.3 Å². The Morgan fingerprint density at radius 2 is 1.94 bits per heavy atom. The van der Waals surface area contributed by atoms with Crippen LogP contribution >= 0.6 is 11.6 Å². The predicted octanol–water partition coefficient (Wildman–Crippen LogP) is 1.72. The van der Waals surface area contributed by atoms with E-state index < -0.39 is 42.9 Å². The Morgan fingerprint density at radius 3 is 2.61 bits per heavy atom. The molecule has 13 heteroatoms. The maximum Gasteiger partial charge on any atom is 0.416 e. The normalized spacial score (nSPS) is 24.1. The summed E-state index contributed by atoms with van der Waals surface area (Å²) in [7, 11) is 0. The van der Waals surface area contributed by atoms with Gasteiger partial charge in [0, 0.05) is 11.6 Å². The molecule has 4 N–H and O–H groups in total. The molecule has 0 saturated carbocycles. The summed E-state index contributed by atoms with van der Waals surface area (Å²) >= 11 is 6.03. The van der Waals surface area contributed by atoms with Gasteiger partial charge in [0.05, 0.1) is 18.5 Å². The van der Waals surface area contributed by atoms with Crippen molar-refractivity contribution in [3.8, 4) is 0 Å². The minimum atomic E-state index is -4.50. The van der Waals surface area contributed by atoms with E-state index in [-0.39, 0.29) is 34.1 Å². The molecule has 0 radical (unpaired) electrons. The summed E-state index contributed by atoms with van der Waals surface area (Å²) in [4.78, 5) is 12.4. The van der Waals surface area contributed by atoms with Gasteiger partial charge in [0.2, 0.25) is 0 Å². The smallest absolute Gasteiger partial charge is 0.394 e. The average Bonchev–Trinajstić information content (AvgIpc) is 3.28. The molecule has 1 aromatic carbocycles. The van der Waals surface area contributed by atoms with Gasteiger partial charge in [-0.15, -0.1) is 0 Å². The minimum absolute atomic E-state index is 0.0599. The summed E-state index contributed by atoms with van der Waals surface area (Å²) in [5, 5.41) is 32.5. The quantitative estimate of drug-likeness (QED) is 0.454. The Morgan fingerprint density at radius 1 is 1.16 bits per heavy atom. The van der Waals surface area contributed by atoms with Crippen LogP contribution in [0.5, 0.6) is 0 Å². The van der Waals surface area contributed by atoms with Crippen LogP contribution < -0.4 is 5.32 Å². The summed E-state index contributed by atoms with van der Waals surface area (Å²) in [6, 6.07) is 3.02. The lowest BCUT2D eigenvalue weighted by molar-refractivity contribution is -0.137. The molecule has 4 atom stereocenters. The molecule has 0 aliphatic carbocycles. The highest BCUT2D eigenvalue weighted by molar-refractivity contribution is 6.31. The molecule has 1 saturated heterocycles. The highest BCUT2D eigenvalue weighted by atomic mass is 35.5. The maximum absolute atomic E-state index is 13.0. The third kappa shape index (κ3) is 4.04. The lowest BCUT2D eigenvalue weighted by atomic mass is 10.1. The third-order valence-electron chi connectivity index (χ3n) is 4.97. The number of aliphatic hydroxyl groups is 3. The zero-order valence-electron chi connectivity index (χ0n) is 15.7. The second kappa shape index (κ2) is 8.20. The van der Waals surface area contributed by atoms with Crippen LogP contribution in [0.15, 0.2) is 30.9 Å². The van der Waals surface area contributed by atoms with Gasteiger partial charge in [-0.3, -0.25) is 4.57 Å². The maximum atomic E-state index is 13.0. The number of hydrogen-bond donors (Lipinski definition) is 4. The van der Waals surface area contributed by atoms with Crippen molar-refractivity contribution < 1.29 is 33.2 Å². The van der Waals surface area contributed by atoms with Gasteiger partial charge in [0.1, 0.15) is 24.6 Å². The Bertz CT molecular complexity index is 1100. The number of hydrogen-bond acceptors (Lipinski definition) is 8. The first-order valence-corrected chi connectivity index (χ1v) is 9.48. The van der Waals surface area contributed by atoms with Gasteiger partial charge in [-0.05, 0) is 23.8 Å². The number of aromatic nitrogens is 4. The van der Waals surface area contributed by atoms with Crippen molar-refractivity contribution in [2.45, 2.75) is 37.3 Å². The second-order valence-corrected chi connectivity index (χ2v) is 7.34. The molecule has 1 aliphatic heterocycles. The fourth-order valence-corrected chi connectivity index (χ4v) is 3.53. The van der Waals surface area contributed by atoms with Crippen LogP contribution in [0.25, 0.3) is 11.2 Å². The van der Waals surface area contributed by atoms with Crippen molar-refractivity contribution in [2.75, 3.05) is 11.9 Å². The molecule has 2 aromatic heterocycles. The van der Waals surface area contributed by atoms with Crippen LogP contribution in [0.4, 0.5) is 19.0 Å². The molecule has 0 spiro atoms. The average molecular weight is 460 g/mol. The fourth-order valence-electron chi connectivity index (χ4n) is 3.34. The van der Waals surface area contributed by atoms with Crippen molar-refractivity contribution in [2.24, 2.45) is 0 Å². The van der Waals surface area contributed by atoms with Crippen LogP contribution in [0.3, 0.4) is 0 Å². The molecule has 166 valence electrons.